The van der Waals surface area contributed by atoms with Gasteiger partial charge in [-0.1, -0.05) is 52.0 Å². The first-order valence-corrected chi connectivity index (χ1v) is 6.92. The largest absolute Gasteiger partial charge is 0.507 e. The quantitative estimate of drug-likeness (QED) is 0.821. The number of phenols is 1. The summed E-state index contributed by atoms with van der Waals surface area (Å²) in [6.07, 6.45) is 0. The molecule has 0 unspecified atom stereocenters. The van der Waals surface area contributed by atoms with Crippen molar-refractivity contribution in [1.82, 2.24) is 0 Å². The Kier molecular flexibility index (Phi) is 3.85. The summed E-state index contributed by atoms with van der Waals surface area (Å²) in [4.78, 5) is 0. The zero-order valence-electron chi connectivity index (χ0n) is 12.4. The van der Waals surface area contributed by atoms with E-state index in [1.165, 1.54) is 23.8 Å². The van der Waals surface area contributed by atoms with E-state index in [0.29, 0.717) is 11.5 Å². The minimum absolute atomic E-state index is 0.0858. The number of rotatable bonds is 3. The molecule has 0 aliphatic heterocycles. The van der Waals surface area contributed by atoms with Gasteiger partial charge in [-0.25, -0.2) is 4.39 Å². The summed E-state index contributed by atoms with van der Waals surface area (Å²) >= 11 is 0. The predicted octanol–water partition coefficient (Wildman–Crippen LogP) is 5.13. The first-order chi connectivity index (χ1) is 9.32. The second kappa shape index (κ2) is 5.28. The van der Waals surface area contributed by atoms with Crippen LogP contribution in [0.3, 0.4) is 0 Å². The van der Waals surface area contributed by atoms with Crippen LogP contribution in [0.1, 0.15) is 33.3 Å². The molecule has 20 heavy (non-hydrogen) atoms. The van der Waals surface area contributed by atoms with Gasteiger partial charge in [0.15, 0.2) is 0 Å². The molecule has 0 atom stereocenters. The molecule has 0 fully saturated rings. The molecule has 0 aliphatic carbocycles. The maximum Gasteiger partial charge on any atom is 0.124 e. The van der Waals surface area contributed by atoms with Crippen molar-refractivity contribution < 1.29 is 9.50 Å². The molecule has 0 bridgehead atoms. The van der Waals surface area contributed by atoms with E-state index in [4.69, 9.17) is 0 Å². The third-order valence-electron chi connectivity index (χ3n) is 4.34. The van der Waals surface area contributed by atoms with Crippen LogP contribution in [0.5, 0.6) is 5.75 Å². The Morgan fingerprint density at radius 3 is 2.15 bits per heavy atom. The van der Waals surface area contributed by atoms with Crippen molar-refractivity contribution in [3.8, 4) is 16.9 Å². The van der Waals surface area contributed by atoms with Gasteiger partial charge in [-0.05, 0) is 40.7 Å². The lowest BCUT2D eigenvalue weighted by Crippen LogP contribution is -2.24. The standard InChI is InChI=1S/C18H21FO/c1-12(2)18(3,4)14-7-5-13(6-8-14)16-11-15(19)9-10-17(16)20/h5-12,20H,1-4H3. The molecule has 0 aromatic heterocycles. The van der Waals surface area contributed by atoms with Crippen molar-refractivity contribution in [3.05, 3.63) is 53.8 Å². The second-order valence-corrected chi connectivity index (χ2v) is 6.12. The lowest BCUT2D eigenvalue weighted by molar-refractivity contribution is 0.372. The van der Waals surface area contributed by atoms with Gasteiger partial charge in [0.05, 0.1) is 0 Å². The molecule has 106 valence electrons. The fourth-order valence-electron chi connectivity index (χ4n) is 2.15. The topological polar surface area (TPSA) is 20.2 Å². The normalized spacial score (nSPS) is 11.9. The Morgan fingerprint density at radius 1 is 1.00 bits per heavy atom. The molecule has 1 nitrogen and oxygen atoms in total. The van der Waals surface area contributed by atoms with Gasteiger partial charge in [-0.15, -0.1) is 0 Å². The van der Waals surface area contributed by atoms with E-state index in [1.807, 2.05) is 12.1 Å². The van der Waals surface area contributed by atoms with E-state index in [2.05, 4.69) is 39.8 Å². The van der Waals surface area contributed by atoms with Gasteiger partial charge in [0.2, 0.25) is 0 Å². The predicted molar refractivity (Wildman–Crippen MR) is 81.4 cm³/mol. The molecule has 2 aromatic carbocycles. The summed E-state index contributed by atoms with van der Waals surface area (Å²) < 4.78 is 13.3. The zero-order valence-corrected chi connectivity index (χ0v) is 12.4. The Morgan fingerprint density at radius 2 is 1.60 bits per heavy atom. The third kappa shape index (κ3) is 2.69. The van der Waals surface area contributed by atoms with Gasteiger partial charge in [0, 0.05) is 5.56 Å². The van der Waals surface area contributed by atoms with E-state index in [9.17, 15) is 9.50 Å². The van der Waals surface area contributed by atoms with Crippen molar-refractivity contribution in [2.75, 3.05) is 0 Å². The zero-order chi connectivity index (χ0) is 14.9. The Hall–Kier alpha value is -1.83. The number of hydrogen-bond acceptors (Lipinski definition) is 1. The molecule has 0 radical (unpaired) electrons. The molecule has 0 saturated carbocycles. The van der Waals surface area contributed by atoms with Crippen molar-refractivity contribution in [2.45, 2.75) is 33.1 Å². The SMILES string of the molecule is CC(C)C(C)(C)c1ccc(-c2cc(F)ccc2O)cc1. The molecule has 2 rings (SSSR count). The highest BCUT2D eigenvalue weighted by Gasteiger charge is 2.24. The molecular formula is C18H21FO. The number of phenolic OH excluding ortho intramolecular Hbond substituents is 1. The Bertz CT molecular complexity index is 597. The van der Waals surface area contributed by atoms with Gasteiger partial charge >= 0.3 is 0 Å². The van der Waals surface area contributed by atoms with E-state index >= 15 is 0 Å². The van der Waals surface area contributed by atoms with Gasteiger partial charge in [-0.2, -0.15) is 0 Å². The van der Waals surface area contributed by atoms with E-state index in [-0.39, 0.29) is 17.0 Å². The summed E-state index contributed by atoms with van der Waals surface area (Å²) in [5.41, 5.74) is 2.68. The maximum atomic E-state index is 13.3. The monoisotopic (exact) mass is 272 g/mol. The Balaban J connectivity index is 2.40. The van der Waals surface area contributed by atoms with E-state index < -0.39 is 0 Å². The number of benzene rings is 2. The fourth-order valence-corrected chi connectivity index (χ4v) is 2.15. The van der Waals surface area contributed by atoms with Gasteiger partial charge in [0.1, 0.15) is 11.6 Å². The number of aromatic hydroxyl groups is 1. The highest BCUT2D eigenvalue weighted by molar-refractivity contribution is 5.70. The van der Waals surface area contributed by atoms with Crippen LogP contribution in [0.2, 0.25) is 0 Å². The van der Waals surface area contributed by atoms with E-state index in [1.54, 1.807) is 0 Å². The molecule has 0 aliphatic rings. The van der Waals surface area contributed by atoms with Crippen LogP contribution < -0.4 is 0 Å². The molecule has 2 heteroatoms. The molecule has 2 aromatic rings. The van der Waals surface area contributed by atoms with Crippen LogP contribution in [0, 0.1) is 11.7 Å². The Labute approximate surface area is 120 Å². The fraction of sp³-hybridized carbons (Fsp3) is 0.333. The summed E-state index contributed by atoms with van der Waals surface area (Å²) in [7, 11) is 0. The summed E-state index contributed by atoms with van der Waals surface area (Å²) in [5, 5.41) is 9.84. The third-order valence-corrected chi connectivity index (χ3v) is 4.34. The lowest BCUT2D eigenvalue weighted by Gasteiger charge is -2.30. The van der Waals surface area contributed by atoms with E-state index in [0.717, 1.165) is 5.56 Å². The second-order valence-electron chi connectivity index (χ2n) is 6.12. The molecule has 0 amide bonds. The molecule has 0 heterocycles. The van der Waals surface area contributed by atoms with Crippen LogP contribution in [0.15, 0.2) is 42.5 Å². The summed E-state index contributed by atoms with van der Waals surface area (Å²) in [6.45, 7) is 8.83. The number of hydrogen-bond donors (Lipinski definition) is 1. The van der Waals surface area contributed by atoms with Crippen LogP contribution in [-0.4, -0.2) is 5.11 Å². The van der Waals surface area contributed by atoms with Crippen LogP contribution in [0.25, 0.3) is 11.1 Å². The van der Waals surface area contributed by atoms with Crippen molar-refractivity contribution in [3.63, 3.8) is 0 Å². The van der Waals surface area contributed by atoms with Crippen LogP contribution in [0.4, 0.5) is 4.39 Å². The lowest BCUT2D eigenvalue weighted by atomic mass is 9.75. The molecule has 0 saturated heterocycles. The smallest absolute Gasteiger partial charge is 0.124 e. The van der Waals surface area contributed by atoms with Gasteiger partial charge in [-0.3, -0.25) is 0 Å². The average Bonchev–Trinajstić information content (AvgIpc) is 2.41. The average molecular weight is 272 g/mol. The summed E-state index contributed by atoms with van der Waals surface area (Å²) in [6, 6.07) is 12.0. The molecule has 1 N–H and O–H groups in total. The van der Waals surface area contributed by atoms with Crippen molar-refractivity contribution in [2.24, 2.45) is 5.92 Å². The number of halogens is 1. The van der Waals surface area contributed by atoms with Crippen LogP contribution >= 0.6 is 0 Å². The maximum absolute atomic E-state index is 13.3. The van der Waals surface area contributed by atoms with Crippen molar-refractivity contribution in [1.29, 1.82) is 0 Å². The van der Waals surface area contributed by atoms with Gasteiger partial charge < -0.3 is 5.11 Å². The minimum Gasteiger partial charge on any atom is -0.507 e. The first kappa shape index (κ1) is 14.6. The highest BCUT2D eigenvalue weighted by atomic mass is 19.1. The van der Waals surface area contributed by atoms with Crippen molar-refractivity contribution >= 4 is 0 Å². The van der Waals surface area contributed by atoms with Gasteiger partial charge in [0.25, 0.3) is 0 Å². The molecule has 0 spiro atoms. The summed E-state index contributed by atoms with van der Waals surface area (Å²) in [5.74, 6) is 0.280. The molecular weight excluding hydrogens is 251 g/mol. The highest BCUT2D eigenvalue weighted by Crippen LogP contribution is 2.34. The first-order valence-electron chi connectivity index (χ1n) is 6.92. The van der Waals surface area contributed by atoms with Crippen LogP contribution in [-0.2, 0) is 5.41 Å². The minimum atomic E-state index is -0.343.